The predicted molar refractivity (Wildman–Crippen MR) is 108 cm³/mol. The van der Waals surface area contributed by atoms with Crippen LogP contribution >= 0.6 is 0 Å². The third-order valence-corrected chi connectivity index (χ3v) is 4.69. The fourth-order valence-electron chi connectivity index (χ4n) is 3.30. The van der Waals surface area contributed by atoms with Gasteiger partial charge in [-0.2, -0.15) is 0 Å². The average Bonchev–Trinajstić information content (AvgIpc) is 2.56. The van der Waals surface area contributed by atoms with Gasteiger partial charge in [-0.05, 0) is 88.2 Å². The van der Waals surface area contributed by atoms with Crippen LogP contribution in [-0.2, 0) is 0 Å². The van der Waals surface area contributed by atoms with Gasteiger partial charge in [-0.25, -0.2) is 0 Å². The Bertz CT molecular complexity index is 460. The third-order valence-electron chi connectivity index (χ3n) is 4.69. The van der Waals surface area contributed by atoms with Crippen LogP contribution in [-0.4, -0.2) is 0 Å². The zero-order valence-corrected chi connectivity index (χ0v) is 15.3. The smallest absolute Gasteiger partial charge is 0.0245 e. The van der Waals surface area contributed by atoms with E-state index in [0.717, 1.165) is 0 Å². The van der Waals surface area contributed by atoms with Crippen molar-refractivity contribution in [2.45, 2.75) is 77.0 Å². The maximum Gasteiger partial charge on any atom is -0.0245 e. The molecule has 0 heteroatoms. The highest BCUT2D eigenvalue weighted by atomic mass is 14.1. The number of hydrogen-bond acceptors (Lipinski definition) is 0. The third kappa shape index (κ3) is 8.34. The lowest BCUT2D eigenvalue weighted by molar-refractivity contribution is 0.871. The monoisotopic (exact) mass is 322 g/mol. The molecule has 130 valence electrons. The Kier molecular flexibility index (Phi) is 10.0. The van der Waals surface area contributed by atoms with Gasteiger partial charge in [-0.3, -0.25) is 0 Å². The summed E-state index contributed by atoms with van der Waals surface area (Å²) in [6, 6.07) is 0. The second-order valence-electron chi connectivity index (χ2n) is 6.73. The molecule has 0 saturated carbocycles. The molecule has 0 amide bonds. The Morgan fingerprint density at radius 2 is 0.625 bits per heavy atom. The highest BCUT2D eigenvalue weighted by Crippen LogP contribution is 2.24. The SMILES string of the molecule is C1=CCCC=C(C2=CCCC=CCCC=CCC2)CCC=CCC1. The number of rotatable bonds is 1. The molecule has 0 heterocycles. The van der Waals surface area contributed by atoms with Gasteiger partial charge in [0.15, 0.2) is 0 Å². The van der Waals surface area contributed by atoms with E-state index in [0.29, 0.717) is 0 Å². The van der Waals surface area contributed by atoms with Crippen LogP contribution in [0.5, 0.6) is 0 Å². The molecule has 0 radical (unpaired) electrons. The quantitative estimate of drug-likeness (QED) is 0.432. The van der Waals surface area contributed by atoms with Crippen molar-refractivity contribution in [1.82, 2.24) is 0 Å². The first-order valence-corrected chi connectivity index (χ1v) is 9.95. The van der Waals surface area contributed by atoms with E-state index in [2.05, 4.69) is 60.8 Å². The first-order valence-electron chi connectivity index (χ1n) is 9.95. The summed E-state index contributed by atoms with van der Waals surface area (Å²) in [5, 5.41) is 0. The summed E-state index contributed by atoms with van der Waals surface area (Å²) in [7, 11) is 0. The Labute approximate surface area is 149 Å². The molecule has 0 spiro atoms. The summed E-state index contributed by atoms with van der Waals surface area (Å²) in [5.74, 6) is 0. The molecular weight excluding hydrogens is 288 g/mol. The minimum absolute atomic E-state index is 1.18. The average molecular weight is 323 g/mol. The van der Waals surface area contributed by atoms with Crippen LogP contribution < -0.4 is 0 Å². The van der Waals surface area contributed by atoms with Gasteiger partial charge < -0.3 is 0 Å². The molecule has 0 aromatic carbocycles. The normalized spacial score (nSPS) is 21.7. The fraction of sp³-hybridized carbons (Fsp3) is 0.500. The van der Waals surface area contributed by atoms with E-state index < -0.39 is 0 Å². The van der Waals surface area contributed by atoms with Crippen LogP contribution in [0.4, 0.5) is 0 Å². The number of allylic oxidation sites excluding steroid dienone is 12. The summed E-state index contributed by atoms with van der Waals surface area (Å²) < 4.78 is 0. The van der Waals surface area contributed by atoms with Gasteiger partial charge in [-0.1, -0.05) is 60.8 Å². The summed E-state index contributed by atoms with van der Waals surface area (Å²) in [6.45, 7) is 0. The van der Waals surface area contributed by atoms with Gasteiger partial charge in [-0.15, -0.1) is 0 Å². The lowest BCUT2D eigenvalue weighted by Crippen LogP contribution is -1.93. The standard InChI is InChI=1S/C24H34/c1-3-7-11-15-19-23(20-16-12-8-4-1)24-21-17-13-9-5-2-6-10-14-18-22-24/h3,5,7-10,12,14,19,21H,1-2,4,6,11,13,15-18,20,22H2. The van der Waals surface area contributed by atoms with Crippen LogP contribution in [0.15, 0.2) is 71.9 Å². The Balaban J connectivity index is 2.07. The molecule has 2 rings (SSSR count). The van der Waals surface area contributed by atoms with Crippen molar-refractivity contribution >= 4 is 0 Å². The first kappa shape index (κ1) is 18.8. The van der Waals surface area contributed by atoms with Crippen LogP contribution in [0.25, 0.3) is 0 Å². The lowest BCUT2D eigenvalue weighted by atomic mass is 9.93. The van der Waals surface area contributed by atoms with Crippen molar-refractivity contribution in [1.29, 1.82) is 0 Å². The Morgan fingerprint density at radius 3 is 1.00 bits per heavy atom. The second kappa shape index (κ2) is 12.8. The van der Waals surface area contributed by atoms with E-state index in [1.807, 2.05) is 0 Å². The van der Waals surface area contributed by atoms with Gasteiger partial charge in [0, 0.05) is 0 Å². The molecule has 2 aliphatic carbocycles. The van der Waals surface area contributed by atoms with E-state index in [-0.39, 0.29) is 0 Å². The summed E-state index contributed by atoms with van der Waals surface area (Å²) in [5.41, 5.74) is 3.20. The molecular formula is C24H34. The molecule has 0 atom stereocenters. The molecule has 0 unspecified atom stereocenters. The van der Waals surface area contributed by atoms with Crippen molar-refractivity contribution in [3.05, 3.63) is 71.9 Å². The van der Waals surface area contributed by atoms with Crippen LogP contribution in [0.3, 0.4) is 0 Å². The molecule has 24 heavy (non-hydrogen) atoms. The van der Waals surface area contributed by atoms with E-state index in [9.17, 15) is 0 Å². The maximum atomic E-state index is 2.51. The summed E-state index contributed by atoms with van der Waals surface area (Å²) in [6.07, 6.45) is 38.1. The predicted octanol–water partition coefficient (Wildman–Crippen LogP) is 7.77. The summed E-state index contributed by atoms with van der Waals surface area (Å²) in [4.78, 5) is 0. The second-order valence-corrected chi connectivity index (χ2v) is 6.73. The molecule has 0 aromatic rings. The van der Waals surface area contributed by atoms with Crippen molar-refractivity contribution in [3.8, 4) is 0 Å². The zero-order chi connectivity index (χ0) is 16.7. The summed E-state index contributed by atoms with van der Waals surface area (Å²) >= 11 is 0. The highest BCUT2D eigenvalue weighted by Gasteiger charge is 2.05. The molecule has 0 fully saturated rings. The molecule has 0 N–H and O–H groups in total. The van der Waals surface area contributed by atoms with Crippen molar-refractivity contribution in [2.75, 3.05) is 0 Å². The Hall–Kier alpha value is -1.56. The van der Waals surface area contributed by atoms with Gasteiger partial charge >= 0.3 is 0 Å². The molecule has 0 saturated heterocycles. The van der Waals surface area contributed by atoms with Gasteiger partial charge in [0.2, 0.25) is 0 Å². The van der Waals surface area contributed by atoms with Crippen molar-refractivity contribution < 1.29 is 0 Å². The topological polar surface area (TPSA) is 0 Å². The molecule has 0 nitrogen and oxygen atoms in total. The maximum absolute atomic E-state index is 2.51. The Morgan fingerprint density at radius 1 is 0.333 bits per heavy atom. The first-order chi connectivity index (χ1) is 12.0. The highest BCUT2D eigenvalue weighted by molar-refractivity contribution is 5.32. The van der Waals surface area contributed by atoms with Crippen LogP contribution in [0.1, 0.15) is 77.0 Å². The van der Waals surface area contributed by atoms with E-state index in [4.69, 9.17) is 0 Å². The van der Waals surface area contributed by atoms with Gasteiger partial charge in [0.05, 0.1) is 0 Å². The van der Waals surface area contributed by atoms with E-state index >= 15 is 0 Å². The van der Waals surface area contributed by atoms with Crippen molar-refractivity contribution in [2.24, 2.45) is 0 Å². The van der Waals surface area contributed by atoms with Gasteiger partial charge in [0.1, 0.15) is 0 Å². The molecule has 0 bridgehead atoms. The molecule has 0 aromatic heterocycles. The molecule has 0 aliphatic heterocycles. The molecule has 2 aliphatic rings. The van der Waals surface area contributed by atoms with E-state index in [1.54, 1.807) is 11.1 Å². The van der Waals surface area contributed by atoms with Crippen molar-refractivity contribution in [3.63, 3.8) is 0 Å². The minimum Gasteiger partial charge on any atom is -0.0882 e. The van der Waals surface area contributed by atoms with Crippen LogP contribution in [0, 0.1) is 0 Å². The van der Waals surface area contributed by atoms with Gasteiger partial charge in [0.25, 0.3) is 0 Å². The van der Waals surface area contributed by atoms with Crippen LogP contribution in [0.2, 0.25) is 0 Å². The largest absolute Gasteiger partial charge is 0.0882 e. The minimum atomic E-state index is 1.18. The lowest BCUT2D eigenvalue weighted by Gasteiger charge is -2.12. The fourth-order valence-corrected chi connectivity index (χ4v) is 3.30. The number of hydrogen-bond donors (Lipinski definition) is 0. The zero-order valence-electron chi connectivity index (χ0n) is 15.3. The van der Waals surface area contributed by atoms with E-state index in [1.165, 1.54) is 77.0 Å².